The smallest absolute Gasteiger partial charge is 0.335 e. The number of nitrogens with one attached hydrogen (secondary N) is 1. The molecule has 1 aromatic heterocycles. The van der Waals surface area contributed by atoms with E-state index in [1.807, 2.05) is 13.0 Å². The molecule has 0 bridgehead atoms. The van der Waals surface area contributed by atoms with Crippen molar-refractivity contribution < 1.29 is 15.0 Å². The number of aryl methyl sites for hydroxylation is 1. The van der Waals surface area contributed by atoms with Gasteiger partial charge in [-0.1, -0.05) is 12.1 Å². The van der Waals surface area contributed by atoms with Gasteiger partial charge in [-0.15, -0.1) is 0 Å². The van der Waals surface area contributed by atoms with Crippen molar-refractivity contribution in [2.75, 3.05) is 0 Å². The molecule has 0 amide bonds. The van der Waals surface area contributed by atoms with E-state index in [1.54, 1.807) is 24.3 Å². The molecule has 0 aliphatic heterocycles. The molecule has 4 heteroatoms. The topological polar surface area (TPSA) is 73.3 Å². The molecule has 90 valence electrons. The highest BCUT2D eigenvalue weighted by Crippen LogP contribution is 2.32. The van der Waals surface area contributed by atoms with Crippen LogP contribution in [0.4, 0.5) is 0 Å². The number of aromatic hydroxyl groups is 1. The quantitative estimate of drug-likeness (QED) is 0.613. The molecule has 0 saturated carbocycles. The van der Waals surface area contributed by atoms with E-state index < -0.39 is 5.97 Å². The minimum absolute atomic E-state index is 0.167. The summed E-state index contributed by atoms with van der Waals surface area (Å²) in [5.74, 6) is -0.783. The van der Waals surface area contributed by atoms with Crippen LogP contribution in [0, 0.1) is 6.92 Å². The first-order valence-electron chi connectivity index (χ1n) is 5.55. The fraction of sp³-hybridized carbons (Fsp3) is 0.0714. The zero-order valence-corrected chi connectivity index (χ0v) is 9.69. The molecule has 0 aliphatic carbocycles. The van der Waals surface area contributed by atoms with Gasteiger partial charge < -0.3 is 15.2 Å². The van der Waals surface area contributed by atoms with E-state index in [-0.39, 0.29) is 11.3 Å². The van der Waals surface area contributed by atoms with E-state index in [0.29, 0.717) is 5.52 Å². The molecule has 0 radical (unpaired) electrons. The van der Waals surface area contributed by atoms with Gasteiger partial charge in [0.05, 0.1) is 11.1 Å². The Balaban J connectivity index is 2.52. The number of para-hydroxylation sites is 1. The summed E-state index contributed by atoms with van der Waals surface area (Å²) in [7, 11) is 0. The molecule has 18 heavy (non-hydrogen) atoms. The first-order valence-corrected chi connectivity index (χ1v) is 5.55. The minimum atomic E-state index is -0.950. The van der Waals surface area contributed by atoms with Gasteiger partial charge in [0.1, 0.15) is 5.75 Å². The van der Waals surface area contributed by atoms with Crippen LogP contribution in [0.2, 0.25) is 0 Å². The Kier molecular flexibility index (Phi) is 2.07. The van der Waals surface area contributed by atoms with Crippen molar-refractivity contribution in [2.24, 2.45) is 0 Å². The average molecular weight is 241 g/mol. The van der Waals surface area contributed by atoms with Crippen molar-refractivity contribution in [1.82, 2.24) is 4.98 Å². The van der Waals surface area contributed by atoms with Gasteiger partial charge in [-0.25, -0.2) is 4.79 Å². The molecular formula is C14H11NO3. The summed E-state index contributed by atoms with van der Waals surface area (Å²) < 4.78 is 0. The fourth-order valence-electron chi connectivity index (χ4n) is 2.31. The number of rotatable bonds is 1. The number of carboxylic acids is 1. The zero-order valence-electron chi connectivity index (χ0n) is 9.69. The molecule has 0 atom stereocenters. The third-order valence-electron chi connectivity index (χ3n) is 3.17. The number of carbonyl (C=O) groups is 1. The highest BCUT2D eigenvalue weighted by Gasteiger charge is 2.12. The Morgan fingerprint density at radius 2 is 1.94 bits per heavy atom. The molecule has 0 spiro atoms. The van der Waals surface area contributed by atoms with Gasteiger partial charge in [0.25, 0.3) is 0 Å². The summed E-state index contributed by atoms with van der Waals surface area (Å²) in [5, 5.41) is 20.5. The molecule has 0 aliphatic rings. The van der Waals surface area contributed by atoms with Gasteiger partial charge in [-0.2, -0.15) is 0 Å². The van der Waals surface area contributed by atoms with Crippen molar-refractivity contribution in [2.45, 2.75) is 6.92 Å². The number of phenols is 1. The monoisotopic (exact) mass is 241 g/mol. The van der Waals surface area contributed by atoms with E-state index in [2.05, 4.69) is 4.98 Å². The van der Waals surface area contributed by atoms with Gasteiger partial charge in [-0.05, 0) is 30.7 Å². The van der Waals surface area contributed by atoms with Gasteiger partial charge >= 0.3 is 5.97 Å². The van der Waals surface area contributed by atoms with Crippen LogP contribution >= 0.6 is 0 Å². The van der Waals surface area contributed by atoms with Crippen molar-refractivity contribution in [3.8, 4) is 5.75 Å². The Hall–Kier alpha value is -2.49. The largest absolute Gasteiger partial charge is 0.506 e. The summed E-state index contributed by atoms with van der Waals surface area (Å²) in [6, 6.07) is 8.46. The highest BCUT2D eigenvalue weighted by atomic mass is 16.4. The lowest BCUT2D eigenvalue weighted by atomic mass is 10.1. The third kappa shape index (κ3) is 1.35. The Morgan fingerprint density at radius 1 is 1.17 bits per heavy atom. The standard InChI is InChI=1S/C14H11NO3/c1-7-5-8(14(17)18)6-10-9-3-2-4-11(16)13(9)15-12(7)10/h2-6,15-16H,1H3,(H,17,18). The number of fused-ring (bicyclic) bond motifs is 3. The Labute approximate surface area is 102 Å². The van der Waals surface area contributed by atoms with E-state index in [9.17, 15) is 9.90 Å². The summed E-state index contributed by atoms with van der Waals surface area (Å²) in [5.41, 5.74) is 2.60. The molecule has 0 fully saturated rings. The van der Waals surface area contributed by atoms with E-state index >= 15 is 0 Å². The number of phenolic OH excluding ortho intramolecular Hbond substituents is 1. The van der Waals surface area contributed by atoms with E-state index in [4.69, 9.17) is 5.11 Å². The van der Waals surface area contributed by atoms with Crippen molar-refractivity contribution in [3.05, 3.63) is 41.5 Å². The SMILES string of the molecule is Cc1cc(C(=O)O)cc2c1[nH]c1c(O)cccc12. The zero-order chi connectivity index (χ0) is 12.9. The number of H-pyrrole nitrogens is 1. The second-order valence-electron chi connectivity index (χ2n) is 4.35. The Morgan fingerprint density at radius 3 is 2.67 bits per heavy atom. The van der Waals surface area contributed by atoms with Crippen LogP contribution in [-0.2, 0) is 0 Å². The molecule has 4 nitrogen and oxygen atoms in total. The Bertz CT molecular complexity index is 786. The van der Waals surface area contributed by atoms with Gasteiger partial charge in [0, 0.05) is 16.3 Å². The van der Waals surface area contributed by atoms with Crippen molar-refractivity contribution in [3.63, 3.8) is 0 Å². The molecule has 0 unspecified atom stereocenters. The molecule has 3 rings (SSSR count). The van der Waals surface area contributed by atoms with Crippen molar-refractivity contribution >= 4 is 27.8 Å². The first kappa shape index (κ1) is 10.7. The third-order valence-corrected chi connectivity index (χ3v) is 3.17. The minimum Gasteiger partial charge on any atom is -0.506 e. The van der Waals surface area contributed by atoms with Gasteiger partial charge in [0.2, 0.25) is 0 Å². The predicted molar refractivity (Wildman–Crippen MR) is 69.2 cm³/mol. The van der Waals surface area contributed by atoms with Gasteiger partial charge in [0.15, 0.2) is 0 Å². The van der Waals surface area contributed by atoms with Crippen LogP contribution in [0.15, 0.2) is 30.3 Å². The summed E-state index contributed by atoms with van der Waals surface area (Å²) in [6.07, 6.45) is 0. The number of aromatic nitrogens is 1. The van der Waals surface area contributed by atoms with Crippen LogP contribution in [0.3, 0.4) is 0 Å². The maximum Gasteiger partial charge on any atom is 0.335 e. The maximum atomic E-state index is 11.1. The molecule has 2 aromatic carbocycles. The van der Waals surface area contributed by atoms with Crippen molar-refractivity contribution in [1.29, 1.82) is 0 Å². The lowest BCUT2D eigenvalue weighted by Crippen LogP contribution is -1.96. The summed E-state index contributed by atoms with van der Waals surface area (Å²) in [4.78, 5) is 14.2. The van der Waals surface area contributed by atoms with Crippen LogP contribution in [0.25, 0.3) is 21.8 Å². The van der Waals surface area contributed by atoms with E-state index in [1.165, 1.54) is 0 Å². The predicted octanol–water partition coefficient (Wildman–Crippen LogP) is 3.03. The number of aromatic amines is 1. The number of aromatic carboxylic acids is 1. The molecule has 3 aromatic rings. The molecule has 0 saturated heterocycles. The van der Waals surface area contributed by atoms with Gasteiger partial charge in [-0.3, -0.25) is 0 Å². The normalized spacial score (nSPS) is 11.2. The number of benzene rings is 2. The highest BCUT2D eigenvalue weighted by molar-refractivity contribution is 6.11. The number of carboxylic acid groups (broad SMARTS) is 1. The second kappa shape index (κ2) is 3.50. The average Bonchev–Trinajstić information content (AvgIpc) is 2.70. The first-order chi connectivity index (χ1) is 8.58. The number of hydrogen-bond acceptors (Lipinski definition) is 2. The van der Waals surface area contributed by atoms with Crippen LogP contribution in [-0.4, -0.2) is 21.2 Å². The maximum absolute atomic E-state index is 11.1. The second-order valence-corrected chi connectivity index (χ2v) is 4.35. The lowest BCUT2D eigenvalue weighted by Gasteiger charge is -1.99. The molecule has 1 heterocycles. The number of hydrogen-bond donors (Lipinski definition) is 3. The van der Waals surface area contributed by atoms with Crippen LogP contribution in [0.1, 0.15) is 15.9 Å². The van der Waals surface area contributed by atoms with Crippen LogP contribution in [0.5, 0.6) is 5.75 Å². The van der Waals surface area contributed by atoms with E-state index in [0.717, 1.165) is 21.9 Å². The lowest BCUT2D eigenvalue weighted by molar-refractivity contribution is 0.0697. The van der Waals surface area contributed by atoms with Crippen LogP contribution < -0.4 is 0 Å². The summed E-state index contributed by atoms with van der Waals surface area (Å²) in [6.45, 7) is 1.85. The fourth-order valence-corrected chi connectivity index (χ4v) is 2.31. The molecular weight excluding hydrogens is 230 g/mol. The summed E-state index contributed by atoms with van der Waals surface area (Å²) >= 11 is 0. The molecule has 3 N–H and O–H groups in total.